The number of fused-ring (bicyclic) bond motifs is 1. The van der Waals surface area contributed by atoms with E-state index < -0.39 is 27.4 Å². The molecule has 0 radical (unpaired) electrons. The van der Waals surface area contributed by atoms with Crippen LogP contribution in [0.3, 0.4) is 0 Å². The average molecular weight is 285 g/mol. The molecule has 1 aromatic heterocycles. The monoisotopic (exact) mass is 285 g/mol. The van der Waals surface area contributed by atoms with Crippen LogP contribution in [0, 0.1) is 11.6 Å². The normalized spacial score (nSPS) is 14.4. The molecule has 0 fully saturated rings. The number of nitrogens with zero attached hydrogens (tertiary/aromatic N) is 1. The molecule has 0 aliphatic carbocycles. The van der Waals surface area contributed by atoms with E-state index in [1.165, 1.54) is 18.3 Å². The van der Waals surface area contributed by atoms with Crippen molar-refractivity contribution in [2.24, 2.45) is 4.40 Å². The molecule has 1 atom stereocenters. The van der Waals surface area contributed by atoms with Crippen molar-refractivity contribution in [1.82, 2.24) is 0 Å². The van der Waals surface area contributed by atoms with Crippen LogP contribution in [0.25, 0.3) is 11.0 Å². The number of furan rings is 1. The molecule has 2 aromatic rings. The van der Waals surface area contributed by atoms with Gasteiger partial charge >= 0.3 is 0 Å². The molecule has 1 aromatic carbocycles. The quantitative estimate of drug-likeness (QED) is 0.791. The van der Waals surface area contributed by atoms with Crippen LogP contribution < -0.4 is 0 Å². The van der Waals surface area contributed by atoms with Crippen LogP contribution in [-0.2, 0) is 11.0 Å². The Hall–Kier alpha value is -1.56. The lowest BCUT2D eigenvalue weighted by atomic mass is 10.2. The van der Waals surface area contributed by atoms with E-state index in [-0.39, 0.29) is 11.3 Å². The Balaban J connectivity index is 2.35. The third kappa shape index (κ3) is 3.07. The summed E-state index contributed by atoms with van der Waals surface area (Å²) in [6.07, 6.45) is 1.26. The van der Waals surface area contributed by atoms with Crippen LogP contribution in [0.4, 0.5) is 8.78 Å². The molecule has 3 nitrogen and oxygen atoms in total. The molecule has 0 aliphatic heterocycles. The zero-order valence-electron chi connectivity index (χ0n) is 10.7. The van der Waals surface area contributed by atoms with Crippen molar-refractivity contribution in [1.29, 1.82) is 0 Å². The maximum absolute atomic E-state index is 13.4. The second kappa shape index (κ2) is 4.85. The smallest absolute Gasteiger partial charge is 0.170 e. The fourth-order valence-electron chi connectivity index (χ4n) is 1.42. The number of rotatable bonds is 2. The van der Waals surface area contributed by atoms with Crippen LogP contribution >= 0.6 is 0 Å². The van der Waals surface area contributed by atoms with E-state index in [0.717, 1.165) is 6.07 Å². The van der Waals surface area contributed by atoms with Crippen LogP contribution in [0.5, 0.6) is 0 Å². The summed E-state index contributed by atoms with van der Waals surface area (Å²) in [5, 5.41) is 0.306. The minimum absolute atomic E-state index is 0.0376. The van der Waals surface area contributed by atoms with Gasteiger partial charge in [-0.1, -0.05) is 0 Å². The Morgan fingerprint density at radius 1 is 1.26 bits per heavy atom. The number of benzene rings is 1. The van der Waals surface area contributed by atoms with E-state index in [4.69, 9.17) is 4.42 Å². The molecule has 102 valence electrons. The minimum atomic E-state index is -1.43. The molecule has 0 aliphatic rings. The first-order valence-corrected chi connectivity index (χ1v) is 6.73. The largest absolute Gasteiger partial charge is 0.452 e. The van der Waals surface area contributed by atoms with Gasteiger partial charge in [-0.25, -0.2) is 13.0 Å². The maximum Gasteiger partial charge on any atom is 0.170 e. The summed E-state index contributed by atoms with van der Waals surface area (Å²) in [4.78, 5) is 0. The van der Waals surface area contributed by atoms with Crippen molar-refractivity contribution >= 4 is 28.2 Å². The van der Waals surface area contributed by atoms with Gasteiger partial charge in [0.05, 0.1) is 11.0 Å². The highest BCUT2D eigenvalue weighted by atomic mass is 32.2. The molecule has 1 unspecified atom stereocenters. The highest BCUT2D eigenvalue weighted by molar-refractivity contribution is 7.85. The second-order valence-electron chi connectivity index (χ2n) is 5.05. The molecular formula is C13H13F2NO2S. The molecule has 2 rings (SSSR count). The first-order chi connectivity index (χ1) is 8.77. The van der Waals surface area contributed by atoms with E-state index in [0.29, 0.717) is 5.39 Å². The van der Waals surface area contributed by atoms with Crippen molar-refractivity contribution in [2.75, 3.05) is 0 Å². The van der Waals surface area contributed by atoms with Gasteiger partial charge in [-0.15, -0.1) is 0 Å². The zero-order valence-corrected chi connectivity index (χ0v) is 11.6. The Morgan fingerprint density at radius 2 is 1.95 bits per heavy atom. The van der Waals surface area contributed by atoms with Crippen LogP contribution in [-0.4, -0.2) is 15.2 Å². The van der Waals surface area contributed by atoms with Crippen molar-refractivity contribution in [2.45, 2.75) is 25.5 Å². The van der Waals surface area contributed by atoms with E-state index >= 15 is 0 Å². The van der Waals surface area contributed by atoms with Gasteiger partial charge in [-0.05, 0) is 32.9 Å². The number of hydrogen-bond acceptors (Lipinski definition) is 2. The Morgan fingerprint density at radius 3 is 2.58 bits per heavy atom. The van der Waals surface area contributed by atoms with Crippen molar-refractivity contribution < 1.29 is 17.4 Å². The molecule has 0 spiro atoms. The molecule has 0 N–H and O–H groups in total. The van der Waals surface area contributed by atoms with Gasteiger partial charge in [0.25, 0.3) is 0 Å². The summed E-state index contributed by atoms with van der Waals surface area (Å²) in [6, 6.07) is 3.37. The first kappa shape index (κ1) is 13.9. The topological polar surface area (TPSA) is 42.6 Å². The summed E-state index contributed by atoms with van der Waals surface area (Å²) < 4.78 is 46.7. The summed E-state index contributed by atoms with van der Waals surface area (Å²) in [5.41, 5.74) is -0.0376. The van der Waals surface area contributed by atoms with E-state index in [2.05, 4.69) is 4.40 Å². The van der Waals surface area contributed by atoms with Crippen molar-refractivity contribution in [3.05, 3.63) is 35.6 Å². The van der Waals surface area contributed by atoms with E-state index in [1.807, 2.05) is 0 Å². The van der Waals surface area contributed by atoms with E-state index in [1.54, 1.807) is 20.8 Å². The average Bonchev–Trinajstić information content (AvgIpc) is 2.67. The van der Waals surface area contributed by atoms with Gasteiger partial charge in [0.1, 0.15) is 22.6 Å². The SMILES string of the molecule is CC(C)(C)S(=O)N=Cc1cc2cc(F)cc(F)c2o1. The summed E-state index contributed by atoms with van der Waals surface area (Å²) >= 11 is 0. The van der Waals surface area contributed by atoms with Crippen LogP contribution in [0.15, 0.2) is 27.0 Å². The summed E-state index contributed by atoms with van der Waals surface area (Å²) in [7, 11) is -1.43. The van der Waals surface area contributed by atoms with Crippen LogP contribution in [0.2, 0.25) is 0 Å². The van der Waals surface area contributed by atoms with Crippen molar-refractivity contribution in [3.8, 4) is 0 Å². The van der Waals surface area contributed by atoms with Crippen LogP contribution in [0.1, 0.15) is 26.5 Å². The third-order valence-corrected chi connectivity index (χ3v) is 3.70. The third-order valence-electron chi connectivity index (χ3n) is 2.35. The Labute approximate surface area is 111 Å². The summed E-state index contributed by atoms with van der Waals surface area (Å²) in [6.45, 7) is 5.36. The van der Waals surface area contributed by atoms with Crippen molar-refractivity contribution in [3.63, 3.8) is 0 Å². The molecular weight excluding hydrogens is 272 g/mol. The number of hydrogen-bond donors (Lipinski definition) is 0. The lowest BCUT2D eigenvalue weighted by Crippen LogP contribution is -2.19. The van der Waals surface area contributed by atoms with E-state index in [9.17, 15) is 13.0 Å². The summed E-state index contributed by atoms with van der Waals surface area (Å²) in [5.74, 6) is -1.21. The first-order valence-electron chi connectivity index (χ1n) is 5.62. The van der Waals surface area contributed by atoms with Gasteiger partial charge in [0.2, 0.25) is 0 Å². The molecule has 0 amide bonds. The van der Waals surface area contributed by atoms with Gasteiger partial charge in [-0.3, -0.25) is 0 Å². The lowest BCUT2D eigenvalue weighted by molar-refractivity contribution is 0.544. The highest BCUT2D eigenvalue weighted by Gasteiger charge is 2.18. The Bertz CT molecular complexity index is 671. The molecule has 6 heteroatoms. The predicted octanol–water partition coefficient (Wildman–Crippen LogP) is 3.59. The predicted molar refractivity (Wildman–Crippen MR) is 71.6 cm³/mol. The lowest BCUT2D eigenvalue weighted by Gasteiger charge is -2.12. The molecule has 19 heavy (non-hydrogen) atoms. The zero-order chi connectivity index (χ0) is 14.2. The van der Waals surface area contributed by atoms with Gasteiger partial charge < -0.3 is 4.42 Å². The van der Waals surface area contributed by atoms with Gasteiger partial charge in [0, 0.05) is 11.5 Å². The fraction of sp³-hybridized carbons (Fsp3) is 0.308. The minimum Gasteiger partial charge on any atom is -0.452 e. The standard InChI is InChI=1S/C13H13F2NO2S/c1-13(2,3)19(17)16-7-10-5-8-4-9(14)6-11(15)12(8)18-10/h4-7H,1-3H3. The molecule has 0 saturated heterocycles. The molecule has 0 saturated carbocycles. The highest BCUT2D eigenvalue weighted by Crippen LogP contribution is 2.23. The second-order valence-corrected chi connectivity index (χ2v) is 6.98. The molecule has 1 heterocycles. The van der Waals surface area contributed by atoms with Gasteiger partial charge in [-0.2, -0.15) is 4.40 Å². The maximum atomic E-state index is 13.4. The molecule has 0 bridgehead atoms. The Kier molecular flexibility index (Phi) is 3.54. The number of halogens is 2. The fourth-order valence-corrected chi connectivity index (χ4v) is 1.93. The van der Waals surface area contributed by atoms with Gasteiger partial charge in [0.15, 0.2) is 11.4 Å².